The number of amides is 1. The Morgan fingerprint density at radius 1 is 0.348 bits per heavy atom. The molecule has 0 aliphatic rings. The number of nitrogens with one attached hydrogen (secondary N) is 1. The lowest BCUT2D eigenvalue weighted by Crippen LogP contribution is -2.45. The van der Waals surface area contributed by atoms with Crippen molar-refractivity contribution in [2.45, 2.75) is 379 Å². The van der Waals surface area contributed by atoms with Crippen LogP contribution in [0.3, 0.4) is 0 Å². The fourth-order valence-electron chi connectivity index (χ4n) is 10.3. The van der Waals surface area contributed by atoms with Crippen molar-refractivity contribution in [2.75, 3.05) is 13.2 Å². The molecule has 1 amide bonds. The molecule has 0 aromatic rings. The van der Waals surface area contributed by atoms with Gasteiger partial charge >= 0.3 is 5.97 Å². The highest BCUT2D eigenvalue weighted by atomic mass is 16.5. The third kappa shape index (κ3) is 56.0. The van der Waals surface area contributed by atoms with E-state index in [2.05, 4.69) is 19.2 Å². The second-order valence-corrected chi connectivity index (χ2v) is 22.1. The van der Waals surface area contributed by atoms with Crippen molar-refractivity contribution in [1.29, 1.82) is 0 Å². The Kier molecular flexibility index (Phi) is 58.4. The van der Waals surface area contributed by atoms with E-state index < -0.39 is 12.1 Å². The maximum absolute atomic E-state index is 12.4. The number of rotatable bonds is 60. The molecule has 69 heavy (non-hydrogen) atoms. The second-order valence-electron chi connectivity index (χ2n) is 22.1. The quantitative estimate of drug-likeness (QED) is 0.0417. The molecule has 6 heteroatoms. The minimum atomic E-state index is -0.662. The number of aliphatic hydroxyl groups is 2. The lowest BCUT2D eigenvalue weighted by atomic mass is 10.0. The summed E-state index contributed by atoms with van der Waals surface area (Å²) in [6, 6.07) is -0.539. The van der Waals surface area contributed by atoms with Gasteiger partial charge in [0.15, 0.2) is 0 Å². The summed E-state index contributed by atoms with van der Waals surface area (Å²) in [6.07, 6.45) is 69.8. The summed E-state index contributed by atoms with van der Waals surface area (Å²) in [5, 5.41) is 23.2. The largest absolute Gasteiger partial charge is 0.466 e. The number of ether oxygens (including phenoxy) is 1. The maximum atomic E-state index is 12.4. The van der Waals surface area contributed by atoms with E-state index in [1.54, 1.807) is 0 Å². The molecule has 0 aliphatic carbocycles. The SMILES string of the molecule is CCCCCCCCCCCCCCCCCCCCCC(=O)OCCCCCCCCCCCCCCCCCCCCCCCCC(=O)NC(CO)C(O)CCCCCCCCCCCCC. The molecule has 0 radical (unpaired) electrons. The van der Waals surface area contributed by atoms with E-state index >= 15 is 0 Å². The van der Waals surface area contributed by atoms with Crippen LogP contribution >= 0.6 is 0 Å². The molecule has 412 valence electrons. The second kappa shape index (κ2) is 59.4. The van der Waals surface area contributed by atoms with Gasteiger partial charge in [0.1, 0.15) is 0 Å². The van der Waals surface area contributed by atoms with Crippen LogP contribution in [0.15, 0.2) is 0 Å². The van der Waals surface area contributed by atoms with Gasteiger partial charge in [-0.2, -0.15) is 0 Å². The fraction of sp³-hybridized carbons (Fsp3) is 0.968. The standard InChI is InChI=1S/C63H125NO5/c1-3-5-7-9-11-13-15-16-17-18-23-27-30-33-37-41-45-49-53-57-63(68)69-58-54-50-46-42-38-34-31-28-25-22-20-19-21-24-26-29-32-36-40-44-48-52-56-62(67)64-60(59-65)61(66)55-51-47-43-39-35-14-12-10-8-6-4-2/h60-61,65-66H,3-59H2,1-2H3,(H,64,67). The summed E-state index contributed by atoms with van der Waals surface area (Å²) in [4.78, 5) is 24.5. The van der Waals surface area contributed by atoms with Crippen LogP contribution in [0.1, 0.15) is 367 Å². The number of carbonyl (C=O) groups is 2. The molecule has 2 unspecified atom stereocenters. The van der Waals surface area contributed by atoms with Gasteiger partial charge in [0.25, 0.3) is 0 Å². The average molecular weight is 977 g/mol. The highest BCUT2D eigenvalue weighted by Gasteiger charge is 2.20. The molecule has 3 N–H and O–H groups in total. The first-order valence-electron chi connectivity index (χ1n) is 31.8. The first kappa shape index (κ1) is 67.9. The molecule has 0 heterocycles. The monoisotopic (exact) mass is 976 g/mol. The van der Waals surface area contributed by atoms with Gasteiger partial charge in [0.05, 0.1) is 25.4 Å². The molecule has 0 fully saturated rings. The van der Waals surface area contributed by atoms with Crippen molar-refractivity contribution in [3.63, 3.8) is 0 Å². The van der Waals surface area contributed by atoms with Crippen LogP contribution in [0.4, 0.5) is 0 Å². The highest BCUT2D eigenvalue weighted by Crippen LogP contribution is 2.19. The molecule has 0 rings (SSSR count). The molecule has 0 aromatic carbocycles. The maximum Gasteiger partial charge on any atom is 0.305 e. The molecular formula is C63H125NO5. The molecular weight excluding hydrogens is 851 g/mol. The Hall–Kier alpha value is -1.14. The first-order valence-corrected chi connectivity index (χ1v) is 31.8. The van der Waals surface area contributed by atoms with Gasteiger partial charge in [-0.05, 0) is 25.7 Å². The third-order valence-electron chi connectivity index (χ3n) is 15.2. The summed E-state index contributed by atoms with van der Waals surface area (Å²) < 4.78 is 5.51. The Labute approximate surface area is 432 Å². The van der Waals surface area contributed by atoms with Gasteiger partial charge in [0.2, 0.25) is 5.91 Å². The van der Waals surface area contributed by atoms with Crippen LogP contribution in [0, 0.1) is 0 Å². The summed E-state index contributed by atoms with van der Waals surface area (Å²) >= 11 is 0. The number of esters is 1. The summed E-state index contributed by atoms with van der Waals surface area (Å²) in [5.74, 6) is -0.0149. The van der Waals surface area contributed by atoms with E-state index in [1.165, 1.54) is 295 Å². The first-order chi connectivity index (χ1) is 34.0. The number of hydrogen-bond donors (Lipinski definition) is 3. The van der Waals surface area contributed by atoms with Crippen molar-refractivity contribution in [3.8, 4) is 0 Å². The van der Waals surface area contributed by atoms with E-state index in [-0.39, 0.29) is 18.5 Å². The summed E-state index contributed by atoms with van der Waals surface area (Å²) in [7, 11) is 0. The summed E-state index contributed by atoms with van der Waals surface area (Å²) in [6.45, 7) is 4.98. The number of carbonyl (C=O) groups excluding carboxylic acids is 2. The van der Waals surface area contributed by atoms with Crippen LogP contribution in [-0.2, 0) is 14.3 Å². The zero-order chi connectivity index (χ0) is 50.0. The van der Waals surface area contributed by atoms with Gasteiger partial charge in [-0.3, -0.25) is 9.59 Å². The minimum absolute atomic E-state index is 0.0190. The van der Waals surface area contributed by atoms with Crippen LogP contribution < -0.4 is 5.32 Å². The Morgan fingerprint density at radius 2 is 0.594 bits per heavy atom. The normalized spacial score (nSPS) is 12.5. The molecule has 0 saturated heterocycles. The molecule has 0 aromatic heterocycles. The topological polar surface area (TPSA) is 95.9 Å². The average Bonchev–Trinajstić information content (AvgIpc) is 3.35. The minimum Gasteiger partial charge on any atom is -0.466 e. The molecule has 0 aliphatic heterocycles. The van der Waals surface area contributed by atoms with Crippen LogP contribution in [0.5, 0.6) is 0 Å². The number of unbranched alkanes of at least 4 members (excludes halogenated alkanes) is 49. The van der Waals surface area contributed by atoms with E-state index in [9.17, 15) is 19.8 Å². The summed E-state index contributed by atoms with van der Waals surface area (Å²) in [5.41, 5.74) is 0. The Morgan fingerprint density at radius 3 is 0.884 bits per heavy atom. The van der Waals surface area contributed by atoms with Gasteiger partial charge in [-0.15, -0.1) is 0 Å². The van der Waals surface area contributed by atoms with E-state index in [4.69, 9.17) is 4.74 Å². The molecule has 0 bridgehead atoms. The van der Waals surface area contributed by atoms with Gasteiger partial charge in [-0.25, -0.2) is 0 Å². The van der Waals surface area contributed by atoms with E-state index in [0.717, 1.165) is 38.5 Å². The molecule has 2 atom stereocenters. The zero-order valence-corrected chi connectivity index (χ0v) is 47.1. The van der Waals surface area contributed by atoms with Gasteiger partial charge in [-0.1, -0.05) is 328 Å². The van der Waals surface area contributed by atoms with Gasteiger partial charge < -0.3 is 20.3 Å². The predicted octanol–water partition coefficient (Wildman–Crippen LogP) is 19.9. The van der Waals surface area contributed by atoms with Crippen molar-refractivity contribution in [3.05, 3.63) is 0 Å². The van der Waals surface area contributed by atoms with Crippen LogP contribution in [-0.4, -0.2) is 47.4 Å². The number of aliphatic hydroxyl groups excluding tert-OH is 2. The predicted molar refractivity (Wildman–Crippen MR) is 301 cm³/mol. The Bertz CT molecular complexity index is 990. The van der Waals surface area contributed by atoms with Crippen molar-refractivity contribution >= 4 is 11.9 Å². The fourth-order valence-corrected chi connectivity index (χ4v) is 10.3. The van der Waals surface area contributed by atoms with E-state index in [1.807, 2.05) is 0 Å². The lowest BCUT2D eigenvalue weighted by Gasteiger charge is -2.22. The van der Waals surface area contributed by atoms with Crippen molar-refractivity contribution in [2.24, 2.45) is 0 Å². The van der Waals surface area contributed by atoms with Gasteiger partial charge in [0, 0.05) is 12.8 Å². The van der Waals surface area contributed by atoms with Crippen molar-refractivity contribution in [1.82, 2.24) is 5.32 Å². The molecule has 0 saturated carbocycles. The lowest BCUT2D eigenvalue weighted by molar-refractivity contribution is -0.143. The zero-order valence-electron chi connectivity index (χ0n) is 47.1. The van der Waals surface area contributed by atoms with Crippen LogP contribution in [0.2, 0.25) is 0 Å². The van der Waals surface area contributed by atoms with Crippen LogP contribution in [0.25, 0.3) is 0 Å². The number of hydrogen-bond acceptors (Lipinski definition) is 5. The van der Waals surface area contributed by atoms with E-state index in [0.29, 0.717) is 25.9 Å². The Balaban J connectivity index is 3.32. The molecule has 0 spiro atoms. The van der Waals surface area contributed by atoms with Crippen molar-refractivity contribution < 1.29 is 24.5 Å². The molecule has 6 nitrogen and oxygen atoms in total. The highest BCUT2D eigenvalue weighted by molar-refractivity contribution is 5.76. The third-order valence-corrected chi connectivity index (χ3v) is 15.2. The smallest absolute Gasteiger partial charge is 0.305 e.